The van der Waals surface area contributed by atoms with Gasteiger partial charge in [0.1, 0.15) is 11.9 Å². The van der Waals surface area contributed by atoms with Gasteiger partial charge in [-0.3, -0.25) is 9.59 Å². The highest BCUT2D eigenvalue weighted by molar-refractivity contribution is 5.93. The number of aromatic nitrogens is 1. The van der Waals surface area contributed by atoms with Gasteiger partial charge in [0, 0.05) is 6.20 Å². The number of nitrogens with zero attached hydrogens (tertiary/aromatic N) is 1. The normalized spacial score (nSPS) is 11.8. The summed E-state index contributed by atoms with van der Waals surface area (Å²) < 4.78 is 0. The van der Waals surface area contributed by atoms with E-state index < -0.39 is 17.9 Å². The van der Waals surface area contributed by atoms with E-state index in [0.29, 0.717) is 5.82 Å². The first kappa shape index (κ1) is 11.1. The minimum Gasteiger partial charge on any atom is -0.480 e. The van der Waals surface area contributed by atoms with E-state index in [4.69, 9.17) is 10.8 Å². The molecule has 0 saturated carbocycles. The van der Waals surface area contributed by atoms with Gasteiger partial charge in [-0.05, 0) is 12.1 Å². The molecule has 0 unspecified atom stereocenters. The number of carbonyl (C=O) groups excluding carboxylic acids is 1. The number of amides is 1. The van der Waals surface area contributed by atoms with Crippen LogP contribution in [-0.2, 0) is 9.59 Å². The Labute approximate surface area is 86.1 Å². The van der Waals surface area contributed by atoms with Gasteiger partial charge in [-0.2, -0.15) is 0 Å². The Morgan fingerprint density at radius 3 is 2.80 bits per heavy atom. The van der Waals surface area contributed by atoms with Crippen molar-refractivity contribution in [2.45, 2.75) is 12.5 Å². The quantitative estimate of drug-likeness (QED) is 0.638. The molecule has 1 rings (SSSR count). The second kappa shape index (κ2) is 5.06. The van der Waals surface area contributed by atoms with Crippen molar-refractivity contribution in [2.75, 3.05) is 5.32 Å². The Morgan fingerprint density at radius 2 is 2.27 bits per heavy atom. The summed E-state index contributed by atoms with van der Waals surface area (Å²) in [6, 6.07) is 3.83. The number of nitrogens with one attached hydrogen (secondary N) is 1. The highest BCUT2D eigenvalue weighted by Crippen LogP contribution is 2.01. The number of carbonyl (C=O) groups is 2. The molecular formula is C9H11N3O3. The molecule has 0 fully saturated rings. The van der Waals surface area contributed by atoms with Crippen LogP contribution in [-0.4, -0.2) is 28.0 Å². The maximum Gasteiger partial charge on any atom is 0.321 e. The number of carboxylic acids is 1. The molecule has 0 aliphatic rings. The number of rotatable bonds is 4. The molecule has 6 nitrogen and oxygen atoms in total. The van der Waals surface area contributed by atoms with Crippen LogP contribution < -0.4 is 11.1 Å². The van der Waals surface area contributed by atoms with Crippen LogP contribution >= 0.6 is 0 Å². The van der Waals surface area contributed by atoms with Crippen LogP contribution in [0.1, 0.15) is 6.42 Å². The molecule has 4 N–H and O–H groups in total. The number of hydrogen-bond acceptors (Lipinski definition) is 4. The highest BCUT2D eigenvalue weighted by Gasteiger charge is 2.16. The fourth-order valence-corrected chi connectivity index (χ4v) is 0.918. The Hall–Kier alpha value is -1.95. The molecule has 1 heterocycles. The highest BCUT2D eigenvalue weighted by atomic mass is 16.4. The zero-order valence-corrected chi connectivity index (χ0v) is 7.88. The predicted molar refractivity (Wildman–Crippen MR) is 53.1 cm³/mol. The van der Waals surface area contributed by atoms with Crippen LogP contribution in [0, 0.1) is 0 Å². The van der Waals surface area contributed by atoms with Crippen LogP contribution in [0.3, 0.4) is 0 Å². The molecule has 1 atom stereocenters. The van der Waals surface area contributed by atoms with Crippen LogP contribution in [0.5, 0.6) is 0 Å². The van der Waals surface area contributed by atoms with Crippen molar-refractivity contribution >= 4 is 17.7 Å². The minimum absolute atomic E-state index is 0.272. The van der Waals surface area contributed by atoms with E-state index in [-0.39, 0.29) is 6.42 Å². The third kappa shape index (κ3) is 3.74. The van der Waals surface area contributed by atoms with E-state index in [0.717, 1.165) is 0 Å². The van der Waals surface area contributed by atoms with Crippen LogP contribution in [0.4, 0.5) is 5.82 Å². The summed E-state index contributed by atoms with van der Waals surface area (Å²) in [5.74, 6) is -1.30. The molecule has 1 amide bonds. The van der Waals surface area contributed by atoms with Crippen molar-refractivity contribution in [1.82, 2.24) is 4.98 Å². The summed E-state index contributed by atoms with van der Waals surface area (Å²) in [5, 5.41) is 10.9. The average Bonchev–Trinajstić information content (AvgIpc) is 2.18. The molecule has 1 aromatic rings. The van der Waals surface area contributed by atoms with Crippen LogP contribution in [0.25, 0.3) is 0 Å². The van der Waals surface area contributed by atoms with Gasteiger partial charge in [-0.25, -0.2) is 4.98 Å². The molecule has 80 valence electrons. The Morgan fingerprint density at radius 1 is 1.53 bits per heavy atom. The first-order valence-corrected chi connectivity index (χ1v) is 4.29. The summed E-state index contributed by atoms with van der Waals surface area (Å²) in [6.07, 6.45) is 1.25. The van der Waals surface area contributed by atoms with Gasteiger partial charge in [-0.1, -0.05) is 6.07 Å². The van der Waals surface area contributed by atoms with E-state index in [9.17, 15) is 9.59 Å². The van der Waals surface area contributed by atoms with E-state index in [1.165, 1.54) is 6.20 Å². The fraction of sp³-hybridized carbons (Fsp3) is 0.222. The number of anilines is 1. The van der Waals surface area contributed by atoms with E-state index in [1.807, 2.05) is 0 Å². The monoisotopic (exact) mass is 209 g/mol. The molecule has 0 saturated heterocycles. The number of aliphatic carboxylic acids is 1. The van der Waals surface area contributed by atoms with Crippen LogP contribution in [0.2, 0.25) is 0 Å². The summed E-state index contributed by atoms with van der Waals surface area (Å²) in [5.41, 5.74) is 5.19. The van der Waals surface area contributed by atoms with Gasteiger partial charge in [0.05, 0.1) is 6.42 Å². The van der Waals surface area contributed by atoms with E-state index in [2.05, 4.69) is 10.3 Å². The van der Waals surface area contributed by atoms with Gasteiger partial charge in [0.2, 0.25) is 5.91 Å². The summed E-state index contributed by atoms with van der Waals surface area (Å²) >= 11 is 0. The van der Waals surface area contributed by atoms with Crippen LogP contribution in [0.15, 0.2) is 24.4 Å². The SMILES string of the molecule is N[C@@H](CC(=O)Nc1ccccn1)C(=O)O. The van der Waals surface area contributed by atoms with Gasteiger partial charge in [0.25, 0.3) is 0 Å². The van der Waals surface area contributed by atoms with Crippen molar-refractivity contribution in [3.63, 3.8) is 0 Å². The largest absolute Gasteiger partial charge is 0.480 e. The topological polar surface area (TPSA) is 105 Å². The van der Waals surface area contributed by atoms with Gasteiger partial charge >= 0.3 is 5.97 Å². The molecule has 0 aliphatic heterocycles. The van der Waals surface area contributed by atoms with Crippen molar-refractivity contribution in [2.24, 2.45) is 5.73 Å². The number of pyridine rings is 1. The maximum absolute atomic E-state index is 11.2. The first-order chi connectivity index (χ1) is 7.09. The third-order valence-corrected chi connectivity index (χ3v) is 1.65. The summed E-state index contributed by atoms with van der Waals surface area (Å²) in [7, 11) is 0. The van der Waals surface area contributed by atoms with Crippen molar-refractivity contribution in [3.8, 4) is 0 Å². The Balaban J connectivity index is 2.47. The van der Waals surface area contributed by atoms with Crippen molar-refractivity contribution < 1.29 is 14.7 Å². The molecule has 0 aliphatic carbocycles. The zero-order chi connectivity index (χ0) is 11.3. The third-order valence-electron chi connectivity index (χ3n) is 1.65. The van der Waals surface area contributed by atoms with Gasteiger partial charge in [-0.15, -0.1) is 0 Å². The maximum atomic E-state index is 11.2. The van der Waals surface area contributed by atoms with Gasteiger partial charge in [0.15, 0.2) is 0 Å². The number of carboxylic acid groups (broad SMARTS) is 1. The second-order valence-corrected chi connectivity index (χ2v) is 2.91. The summed E-state index contributed by atoms with van der Waals surface area (Å²) in [6.45, 7) is 0. The minimum atomic E-state index is -1.20. The van der Waals surface area contributed by atoms with E-state index >= 15 is 0 Å². The Bertz CT molecular complexity index is 353. The lowest BCUT2D eigenvalue weighted by molar-refractivity contribution is -0.140. The first-order valence-electron chi connectivity index (χ1n) is 4.29. The molecule has 0 radical (unpaired) electrons. The molecule has 0 aromatic carbocycles. The molecular weight excluding hydrogens is 198 g/mol. The smallest absolute Gasteiger partial charge is 0.321 e. The lowest BCUT2D eigenvalue weighted by Crippen LogP contribution is -2.34. The lowest BCUT2D eigenvalue weighted by atomic mass is 10.2. The molecule has 0 bridgehead atoms. The van der Waals surface area contributed by atoms with E-state index in [1.54, 1.807) is 18.2 Å². The van der Waals surface area contributed by atoms with Gasteiger partial charge < -0.3 is 16.2 Å². The standard InChI is InChI=1S/C9H11N3O3/c10-6(9(14)15)5-8(13)12-7-3-1-2-4-11-7/h1-4,6H,5,10H2,(H,14,15)(H,11,12,13)/t6-/m0/s1. The Kier molecular flexibility index (Phi) is 3.75. The second-order valence-electron chi connectivity index (χ2n) is 2.91. The molecule has 1 aromatic heterocycles. The fourth-order valence-electron chi connectivity index (χ4n) is 0.918. The van der Waals surface area contributed by atoms with Crippen molar-refractivity contribution in [1.29, 1.82) is 0 Å². The molecule has 15 heavy (non-hydrogen) atoms. The molecule has 0 spiro atoms. The number of nitrogens with two attached hydrogens (primary N) is 1. The molecule has 6 heteroatoms. The zero-order valence-electron chi connectivity index (χ0n) is 7.88. The number of hydrogen-bond donors (Lipinski definition) is 3. The lowest BCUT2D eigenvalue weighted by Gasteiger charge is -2.06. The summed E-state index contributed by atoms with van der Waals surface area (Å²) in [4.78, 5) is 25.5. The average molecular weight is 209 g/mol. The van der Waals surface area contributed by atoms with Crippen molar-refractivity contribution in [3.05, 3.63) is 24.4 Å². The predicted octanol–water partition coefficient (Wildman–Crippen LogP) is -0.178.